The number of nitrogens with one attached hydrogen (secondary N) is 1. The molecule has 1 atom stereocenters. The van der Waals surface area contributed by atoms with E-state index in [1.807, 2.05) is 55.5 Å². The largest absolute Gasteiger partial charge is 0.497 e. The molecule has 2 heterocycles. The lowest BCUT2D eigenvalue weighted by Crippen LogP contribution is -2.34. The van der Waals surface area contributed by atoms with E-state index < -0.39 is 0 Å². The molecule has 8 heteroatoms. The van der Waals surface area contributed by atoms with Crippen LogP contribution in [-0.2, 0) is 0 Å². The van der Waals surface area contributed by atoms with Crippen molar-refractivity contribution in [3.8, 4) is 22.9 Å². The van der Waals surface area contributed by atoms with E-state index in [0.717, 1.165) is 29.9 Å². The third kappa shape index (κ3) is 4.22. The van der Waals surface area contributed by atoms with E-state index in [1.165, 1.54) is 0 Å². The summed E-state index contributed by atoms with van der Waals surface area (Å²) in [5, 5.41) is 7.03. The van der Waals surface area contributed by atoms with Gasteiger partial charge in [-0.3, -0.25) is 0 Å². The molecule has 0 saturated carbocycles. The molecular formula is C22H24N4O4. The first-order chi connectivity index (χ1) is 14.7. The van der Waals surface area contributed by atoms with Gasteiger partial charge in [0.2, 0.25) is 11.7 Å². The SMILES string of the molecule is CCOc1ccc(NC(=O)N2CCC[C@@H]2c2nc(-c3cccc(OC)c3)no2)cc1. The number of carbonyl (C=O) groups excluding carboxylic acids is 1. The Hall–Kier alpha value is -3.55. The second kappa shape index (κ2) is 8.86. The molecule has 1 saturated heterocycles. The first-order valence-electron chi connectivity index (χ1n) is 9.96. The number of ether oxygens (including phenoxy) is 2. The average Bonchev–Trinajstić information content (AvgIpc) is 3.45. The van der Waals surface area contributed by atoms with Crippen LogP contribution in [0.25, 0.3) is 11.4 Å². The van der Waals surface area contributed by atoms with Gasteiger partial charge in [-0.25, -0.2) is 4.79 Å². The molecular weight excluding hydrogens is 384 g/mol. The van der Waals surface area contributed by atoms with Gasteiger partial charge in [0, 0.05) is 17.8 Å². The first kappa shape index (κ1) is 19.8. The summed E-state index contributed by atoms with van der Waals surface area (Å²) in [6, 6.07) is 14.3. The van der Waals surface area contributed by atoms with E-state index in [9.17, 15) is 4.79 Å². The van der Waals surface area contributed by atoms with Gasteiger partial charge in [0.25, 0.3) is 0 Å². The maximum Gasteiger partial charge on any atom is 0.322 e. The third-order valence-electron chi connectivity index (χ3n) is 4.98. The Labute approximate surface area is 174 Å². The first-order valence-corrected chi connectivity index (χ1v) is 9.96. The Morgan fingerprint density at radius 3 is 2.83 bits per heavy atom. The van der Waals surface area contributed by atoms with Crippen molar-refractivity contribution < 1.29 is 18.8 Å². The van der Waals surface area contributed by atoms with Crippen molar-refractivity contribution >= 4 is 11.7 Å². The second-order valence-electron chi connectivity index (χ2n) is 6.93. The third-order valence-corrected chi connectivity index (χ3v) is 4.98. The molecule has 8 nitrogen and oxygen atoms in total. The summed E-state index contributed by atoms with van der Waals surface area (Å²) in [4.78, 5) is 19.1. The fourth-order valence-corrected chi connectivity index (χ4v) is 3.51. The number of nitrogens with zero attached hydrogens (tertiary/aromatic N) is 3. The summed E-state index contributed by atoms with van der Waals surface area (Å²) in [5.74, 6) is 2.40. The number of anilines is 1. The van der Waals surface area contributed by atoms with Gasteiger partial charge in [-0.15, -0.1) is 0 Å². The van der Waals surface area contributed by atoms with E-state index in [0.29, 0.717) is 30.6 Å². The zero-order valence-electron chi connectivity index (χ0n) is 17.0. The Morgan fingerprint density at radius 1 is 1.23 bits per heavy atom. The predicted octanol–water partition coefficient (Wildman–Crippen LogP) is 4.51. The lowest BCUT2D eigenvalue weighted by Gasteiger charge is -2.22. The van der Waals surface area contributed by atoms with Crippen molar-refractivity contribution in [3.05, 3.63) is 54.4 Å². The van der Waals surface area contributed by atoms with Crippen LogP contribution in [0.4, 0.5) is 10.5 Å². The van der Waals surface area contributed by atoms with Crippen LogP contribution in [0.2, 0.25) is 0 Å². The van der Waals surface area contributed by atoms with Gasteiger partial charge in [-0.2, -0.15) is 4.98 Å². The summed E-state index contributed by atoms with van der Waals surface area (Å²) in [6.07, 6.45) is 1.65. The van der Waals surface area contributed by atoms with Gasteiger partial charge < -0.3 is 24.2 Å². The van der Waals surface area contributed by atoms with E-state index in [4.69, 9.17) is 14.0 Å². The highest BCUT2D eigenvalue weighted by Crippen LogP contribution is 2.33. The molecule has 4 rings (SSSR count). The highest BCUT2D eigenvalue weighted by atomic mass is 16.5. The van der Waals surface area contributed by atoms with E-state index in [-0.39, 0.29) is 12.1 Å². The van der Waals surface area contributed by atoms with Crippen LogP contribution in [0.15, 0.2) is 53.1 Å². The smallest absolute Gasteiger partial charge is 0.322 e. The predicted molar refractivity (Wildman–Crippen MR) is 112 cm³/mol. The van der Waals surface area contributed by atoms with Gasteiger partial charge in [-0.05, 0) is 56.2 Å². The molecule has 0 aliphatic carbocycles. The Morgan fingerprint density at radius 2 is 2.07 bits per heavy atom. The van der Waals surface area contributed by atoms with Crippen molar-refractivity contribution in [1.29, 1.82) is 0 Å². The fourth-order valence-electron chi connectivity index (χ4n) is 3.51. The number of amides is 2. The molecule has 1 N–H and O–H groups in total. The maximum absolute atomic E-state index is 12.8. The monoisotopic (exact) mass is 408 g/mol. The second-order valence-corrected chi connectivity index (χ2v) is 6.93. The Kier molecular flexibility index (Phi) is 5.83. The highest BCUT2D eigenvalue weighted by molar-refractivity contribution is 5.89. The number of likely N-dealkylation sites (tertiary alicyclic amines) is 1. The van der Waals surface area contributed by atoms with Crippen LogP contribution in [-0.4, -0.2) is 41.3 Å². The van der Waals surface area contributed by atoms with Gasteiger partial charge in [0.1, 0.15) is 17.5 Å². The van der Waals surface area contributed by atoms with Crippen LogP contribution in [0.5, 0.6) is 11.5 Å². The average molecular weight is 408 g/mol. The molecule has 30 heavy (non-hydrogen) atoms. The minimum atomic E-state index is -0.250. The number of hydrogen-bond acceptors (Lipinski definition) is 6. The summed E-state index contributed by atoms with van der Waals surface area (Å²) in [6.45, 7) is 3.16. The normalized spacial score (nSPS) is 15.8. The number of hydrogen-bond donors (Lipinski definition) is 1. The van der Waals surface area contributed by atoms with E-state index in [1.54, 1.807) is 12.0 Å². The quantitative estimate of drug-likeness (QED) is 0.645. The fraction of sp³-hybridized carbons (Fsp3) is 0.318. The van der Waals surface area contributed by atoms with E-state index in [2.05, 4.69) is 15.5 Å². The van der Waals surface area contributed by atoms with Crippen molar-refractivity contribution in [2.45, 2.75) is 25.8 Å². The Balaban J connectivity index is 1.47. The highest BCUT2D eigenvalue weighted by Gasteiger charge is 2.34. The number of aromatic nitrogens is 2. The topological polar surface area (TPSA) is 89.7 Å². The molecule has 1 aromatic heterocycles. The molecule has 1 aliphatic heterocycles. The zero-order chi connectivity index (χ0) is 20.9. The minimum Gasteiger partial charge on any atom is -0.497 e. The summed E-state index contributed by atoms with van der Waals surface area (Å²) in [5.41, 5.74) is 1.50. The van der Waals surface area contributed by atoms with Crippen molar-refractivity contribution in [2.24, 2.45) is 0 Å². The van der Waals surface area contributed by atoms with Crippen LogP contribution in [0.1, 0.15) is 31.7 Å². The van der Waals surface area contributed by atoms with E-state index >= 15 is 0 Å². The number of carbonyl (C=O) groups is 1. The molecule has 0 spiro atoms. The van der Waals surface area contributed by atoms with Crippen LogP contribution >= 0.6 is 0 Å². The van der Waals surface area contributed by atoms with Crippen LogP contribution in [0, 0.1) is 0 Å². The molecule has 0 bridgehead atoms. The number of methoxy groups -OCH3 is 1. The Bertz CT molecular complexity index is 1000. The summed E-state index contributed by atoms with van der Waals surface area (Å²) >= 11 is 0. The van der Waals surface area contributed by atoms with Gasteiger partial charge >= 0.3 is 6.03 Å². The number of urea groups is 1. The number of benzene rings is 2. The molecule has 3 aromatic rings. The standard InChI is InChI=1S/C22H24N4O4/c1-3-29-17-11-9-16(10-12-17)23-22(27)26-13-5-8-19(26)21-24-20(25-30-21)15-6-4-7-18(14-15)28-2/h4,6-7,9-12,14,19H,3,5,8,13H2,1-2H3,(H,23,27)/t19-/m1/s1. The minimum absolute atomic E-state index is 0.192. The van der Waals surface area contributed by atoms with Crippen molar-refractivity contribution in [2.75, 3.05) is 25.6 Å². The van der Waals surface area contributed by atoms with Crippen molar-refractivity contribution in [3.63, 3.8) is 0 Å². The molecule has 156 valence electrons. The summed E-state index contributed by atoms with van der Waals surface area (Å²) in [7, 11) is 1.61. The van der Waals surface area contributed by atoms with Crippen molar-refractivity contribution in [1.82, 2.24) is 15.0 Å². The van der Waals surface area contributed by atoms with Gasteiger partial charge in [0.05, 0.1) is 13.7 Å². The maximum atomic E-state index is 12.8. The van der Waals surface area contributed by atoms with Gasteiger partial charge in [-0.1, -0.05) is 17.3 Å². The molecule has 1 fully saturated rings. The molecule has 0 radical (unpaired) electrons. The number of rotatable bonds is 6. The summed E-state index contributed by atoms with van der Waals surface area (Å²) < 4.78 is 16.2. The molecule has 1 aliphatic rings. The van der Waals surface area contributed by atoms with Gasteiger partial charge in [0.15, 0.2) is 0 Å². The van der Waals surface area contributed by atoms with Crippen LogP contribution < -0.4 is 14.8 Å². The van der Waals surface area contributed by atoms with Crippen LogP contribution in [0.3, 0.4) is 0 Å². The molecule has 2 amide bonds. The molecule has 2 aromatic carbocycles. The zero-order valence-corrected chi connectivity index (χ0v) is 17.0. The lowest BCUT2D eigenvalue weighted by molar-refractivity contribution is 0.193. The lowest BCUT2D eigenvalue weighted by atomic mass is 10.2. The molecule has 0 unspecified atom stereocenters.